The van der Waals surface area contributed by atoms with Crippen molar-refractivity contribution < 1.29 is 63.1 Å². The minimum absolute atomic E-state index is 0. The van der Waals surface area contributed by atoms with Crippen LogP contribution in [0.15, 0.2) is 0 Å². The predicted octanol–water partition coefficient (Wildman–Crippen LogP) is -4.15. The Morgan fingerprint density at radius 3 is 2.31 bits per heavy atom. The second kappa shape index (κ2) is 7.75. The van der Waals surface area contributed by atoms with Gasteiger partial charge in [0, 0.05) is 6.61 Å². The monoisotopic (exact) mass is 222 g/mol. The van der Waals surface area contributed by atoms with Gasteiger partial charge in [-0.15, -0.1) is 0 Å². The first-order valence-corrected chi connectivity index (χ1v) is 4.49. The van der Waals surface area contributed by atoms with Gasteiger partial charge in [0.2, 0.25) is 0 Å². The van der Waals surface area contributed by atoms with E-state index in [2.05, 4.69) is 9.26 Å². The van der Waals surface area contributed by atoms with Crippen molar-refractivity contribution in [1.82, 2.24) is 0 Å². The summed E-state index contributed by atoms with van der Waals surface area (Å²) in [5.41, 5.74) is 0. The second-order valence-corrected chi connectivity index (χ2v) is 3.02. The molecule has 0 heterocycles. The first-order chi connectivity index (χ1) is 5.42. The van der Waals surface area contributed by atoms with Gasteiger partial charge in [-0.3, -0.25) is 4.52 Å². The summed E-state index contributed by atoms with van der Waals surface area (Å²) in [6.07, 6.45) is -1.61. The Bertz CT molecular complexity index is 189. The quantitative estimate of drug-likeness (QED) is 0.210. The van der Waals surface area contributed by atoms with Crippen LogP contribution in [-0.2, 0) is 13.8 Å². The first kappa shape index (κ1) is 15.8. The van der Waals surface area contributed by atoms with E-state index in [0.717, 1.165) is 0 Å². The number of ether oxygens (including phenoxy) is 1. The molecule has 2 N–H and O–H groups in total. The van der Waals surface area contributed by atoms with Crippen molar-refractivity contribution in [2.45, 2.75) is 6.42 Å². The third kappa shape index (κ3) is 15.2. The molecule has 0 aliphatic rings. The summed E-state index contributed by atoms with van der Waals surface area (Å²) >= 11 is 0. The molecule has 9 heteroatoms. The van der Waals surface area contributed by atoms with Gasteiger partial charge in [0.25, 0.3) is 6.16 Å². The summed E-state index contributed by atoms with van der Waals surface area (Å²) in [6, 6.07) is 0. The maximum atomic E-state index is 10.0. The summed E-state index contributed by atoms with van der Waals surface area (Å²) in [5, 5.41) is 9.63. The Hall–Kier alpha value is 0.380. The maximum absolute atomic E-state index is 10.0. The predicted molar refractivity (Wildman–Crippen MR) is 34.0 cm³/mol. The molecular weight excluding hydrogens is 214 g/mol. The average molecular weight is 222 g/mol. The normalized spacial score (nSPS) is 10.3. The van der Waals surface area contributed by atoms with Gasteiger partial charge in [0.15, 0.2) is 0 Å². The van der Waals surface area contributed by atoms with E-state index in [4.69, 9.17) is 9.79 Å². The molecule has 0 bridgehead atoms. The SMILES string of the molecule is O=C([O-])OCCCOP(=O)(O)O.[Na+]. The Kier molecular flexibility index (Phi) is 9.44. The Morgan fingerprint density at radius 1 is 1.38 bits per heavy atom. The fourth-order valence-corrected chi connectivity index (χ4v) is 0.765. The zero-order valence-corrected chi connectivity index (χ0v) is 9.90. The molecule has 7 nitrogen and oxygen atoms in total. The van der Waals surface area contributed by atoms with Gasteiger partial charge in [0.1, 0.15) is 0 Å². The summed E-state index contributed by atoms with van der Waals surface area (Å²) in [7, 11) is -4.45. The van der Waals surface area contributed by atoms with E-state index in [1.807, 2.05) is 0 Å². The zero-order chi connectivity index (χ0) is 9.61. The van der Waals surface area contributed by atoms with Crippen LogP contribution in [-0.4, -0.2) is 29.2 Å². The standard InChI is InChI=1S/C4H9O7P.Na/c5-4(6)10-2-1-3-11-12(7,8)9;/h1-3H2,(H,5,6)(H2,7,8,9);/q;+1/p-1. The number of phosphoric ester groups is 1. The minimum atomic E-state index is -4.45. The largest absolute Gasteiger partial charge is 1.00 e. The number of rotatable bonds is 5. The van der Waals surface area contributed by atoms with Crippen LogP contribution in [0, 0.1) is 0 Å². The molecule has 0 saturated carbocycles. The third-order valence-corrected chi connectivity index (χ3v) is 1.29. The number of hydrogen-bond acceptors (Lipinski definition) is 5. The molecule has 0 spiro atoms. The minimum Gasteiger partial charge on any atom is -0.550 e. The molecule has 0 atom stereocenters. The van der Waals surface area contributed by atoms with Crippen LogP contribution in [0.25, 0.3) is 0 Å². The van der Waals surface area contributed by atoms with Gasteiger partial charge in [-0.1, -0.05) is 0 Å². The van der Waals surface area contributed by atoms with Crippen LogP contribution in [0.3, 0.4) is 0 Å². The maximum Gasteiger partial charge on any atom is 1.00 e. The zero-order valence-electron chi connectivity index (χ0n) is 7.00. The molecule has 0 radical (unpaired) electrons. The van der Waals surface area contributed by atoms with Gasteiger partial charge >= 0.3 is 37.4 Å². The van der Waals surface area contributed by atoms with Crippen LogP contribution in [0.1, 0.15) is 6.42 Å². The van der Waals surface area contributed by atoms with Crippen LogP contribution < -0.4 is 34.7 Å². The average Bonchev–Trinajstić information content (AvgIpc) is 1.83. The van der Waals surface area contributed by atoms with Crippen LogP contribution >= 0.6 is 7.82 Å². The van der Waals surface area contributed by atoms with Gasteiger partial charge < -0.3 is 24.4 Å². The molecule has 72 valence electrons. The van der Waals surface area contributed by atoms with E-state index >= 15 is 0 Å². The summed E-state index contributed by atoms with van der Waals surface area (Å²) in [6.45, 7) is -0.472. The number of carbonyl (C=O) groups is 1. The van der Waals surface area contributed by atoms with Crippen molar-refractivity contribution in [2.75, 3.05) is 13.2 Å². The molecule has 0 fully saturated rings. The van der Waals surface area contributed by atoms with Crippen molar-refractivity contribution in [1.29, 1.82) is 0 Å². The van der Waals surface area contributed by atoms with Crippen molar-refractivity contribution in [3.05, 3.63) is 0 Å². The molecule has 0 aromatic rings. The number of phosphoric acid groups is 1. The van der Waals surface area contributed by atoms with E-state index in [1.165, 1.54) is 0 Å². The van der Waals surface area contributed by atoms with E-state index in [9.17, 15) is 14.5 Å². The van der Waals surface area contributed by atoms with Gasteiger partial charge in [-0.25, -0.2) is 4.57 Å². The molecular formula is C4H8NaO7P. The van der Waals surface area contributed by atoms with Crippen molar-refractivity contribution in [2.24, 2.45) is 0 Å². The van der Waals surface area contributed by atoms with E-state index < -0.39 is 14.0 Å². The first-order valence-electron chi connectivity index (χ1n) is 2.95. The van der Waals surface area contributed by atoms with Crippen molar-refractivity contribution in [3.8, 4) is 0 Å². The fourth-order valence-electron chi connectivity index (χ4n) is 0.398. The van der Waals surface area contributed by atoms with E-state index in [0.29, 0.717) is 0 Å². The fraction of sp³-hybridized carbons (Fsp3) is 0.750. The molecule has 0 aliphatic carbocycles. The Morgan fingerprint density at radius 2 is 1.92 bits per heavy atom. The summed E-state index contributed by atoms with van der Waals surface area (Å²) in [5.74, 6) is 0. The number of carbonyl (C=O) groups excluding carboxylic acids is 1. The third-order valence-electron chi connectivity index (χ3n) is 0.768. The molecule has 13 heavy (non-hydrogen) atoms. The molecule has 0 aromatic heterocycles. The molecule has 0 amide bonds. The topological polar surface area (TPSA) is 116 Å². The Balaban J connectivity index is 0. The van der Waals surface area contributed by atoms with Crippen LogP contribution in [0.4, 0.5) is 4.79 Å². The summed E-state index contributed by atoms with van der Waals surface area (Å²) < 4.78 is 17.9. The van der Waals surface area contributed by atoms with Crippen molar-refractivity contribution >= 4 is 14.0 Å². The summed E-state index contributed by atoms with van der Waals surface area (Å²) in [4.78, 5) is 25.9. The van der Waals surface area contributed by atoms with Crippen LogP contribution in [0.5, 0.6) is 0 Å². The van der Waals surface area contributed by atoms with Crippen LogP contribution in [0.2, 0.25) is 0 Å². The molecule has 0 saturated heterocycles. The van der Waals surface area contributed by atoms with Crippen molar-refractivity contribution in [3.63, 3.8) is 0 Å². The van der Waals surface area contributed by atoms with E-state index in [-0.39, 0.29) is 49.2 Å². The molecule has 0 aromatic carbocycles. The van der Waals surface area contributed by atoms with E-state index in [1.54, 1.807) is 0 Å². The molecule has 0 rings (SSSR count). The number of hydrogen-bond donors (Lipinski definition) is 2. The second-order valence-electron chi connectivity index (χ2n) is 1.78. The Labute approximate surface area is 96.6 Å². The molecule has 0 aliphatic heterocycles. The van der Waals surface area contributed by atoms with Gasteiger partial charge in [-0.05, 0) is 6.42 Å². The number of carboxylic acid groups (broad SMARTS) is 1. The van der Waals surface area contributed by atoms with Gasteiger partial charge in [0.05, 0.1) is 6.61 Å². The molecule has 0 unspecified atom stereocenters. The smallest absolute Gasteiger partial charge is 0.550 e. The van der Waals surface area contributed by atoms with Gasteiger partial charge in [-0.2, -0.15) is 0 Å².